The van der Waals surface area contributed by atoms with Crippen LogP contribution >= 0.6 is 22.9 Å². The van der Waals surface area contributed by atoms with E-state index in [-0.39, 0.29) is 24.5 Å². The number of carbonyl (C=O) groups excluding carboxylic acids is 2. The van der Waals surface area contributed by atoms with Gasteiger partial charge in [0.05, 0.1) is 4.88 Å². The number of Topliss-reactive ketones (excluding diaryl/α,β-unsaturated/α-hetero) is 1. The van der Waals surface area contributed by atoms with Crippen LogP contribution in [0.1, 0.15) is 39.4 Å². The Morgan fingerprint density at radius 3 is 2.78 bits per heavy atom. The number of hydrogen-bond acceptors (Lipinski definition) is 4. The van der Waals surface area contributed by atoms with Crippen molar-refractivity contribution >= 4 is 40.3 Å². The molecule has 1 aliphatic heterocycles. The van der Waals surface area contributed by atoms with Gasteiger partial charge in [-0.05, 0) is 56.0 Å². The summed E-state index contributed by atoms with van der Waals surface area (Å²) in [7, 11) is 0. The fourth-order valence-electron chi connectivity index (χ4n) is 3.42. The van der Waals surface area contributed by atoms with E-state index in [1.807, 2.05) is 37.3 Å². The molecule has 1 aliphatic rings. The maximum Gasteiger partial charge on any atom is 0.220 e. The molecule has 1 amide bonds. The average molecular weight is 405 g/mol. The van der Waals surface area contributed by atoms with Crippen LogP contribution in [0.4, 0.5) is 5.69 Å². The first-order valence-corrected chi connectivity index (χ1v) is 10.5. The van der Waals surface area contributed by atoms with E-state index in [4.69, 9.17) is 11.6 Å². The Balaban J connectivity index is 1.42. The van der Waals surface area contributed by atoms with Gasteiger partial charge in [-0.2, -0.15) is 0 Å². The molecule has 0 radical (unpaired) electrons. The maximum atomic E-state index is 12.1. The molecule has 1 saturated heterocycles. The molecule has 0 spiro atoms. The molecular weight excluding hydrogens is 380 g/mol. The van der Waals surface area contributed by atoms with E-state index in [1.165, 1.54) is 22.6 Å². The van der Waals surface area contributed by atoms with Gasteiger partial charge in [-0.15, -0.1) is 11.3 Å². The molecule has 0 aliphatic carbocycles. The Morgan fingerprint density at radius 2 is 2.04 bits per heavy atom. The molecule has 2 heterocycles. The quantitative estimate of drug-likeness (QED) is 0.685. The highest BCUT2D eigenvalue weighted by atomic mass is 35.5. The number of ketones is 1. The van der Waals surface area contributed by atoms with Crippen LogP contribution in [0.5, 0.6) is 0 Å². The lowest BCUT2D eigenvalue weighted by Crippen LogP contribution is -2.31. The Labute approximate surface area is 169 Å². The van der Waals surface area contributed by atoms with E-state index in [0.29, 0.717) is 12.5 Å². The van der Waals surface area contributed by atoms with Crippen LogP contribution in [0.25, 0.3) is 0 Å². The summed E-state index contributed by atoms with van der Waals surface area (Å²) >= 11 is 7.62. The van der Waals surface area contributed by atoms with Gasteiger partial charge in [-0.3, -0.25) is 9.59 Å². The fraction of sp³-hybridized carbons (Fsp3) is 0.429. The highest BCUT2D eigenvalue weighted by Gasteiger charge is 2.24. The molecule has 1 aromatic heterocycles. The third-order valence-electron chi connectivity index (χ3n) is 4.98. The third kappa shape index (κ3) is 5.33. The van der Waals surface area contributed by atoms with Gasteiger partial charge >= 0.3 is 0 Å². The van der Waals surface area contributed by atoms with Gasteiger partial charge in [-0.1, -0.05) is 17.7 Å². The summed E-state index contributed by atoms with van der Waals surface area (Å²) in [6.45, 7) is 6.60. The minimum Gasteiger partial charge on any atom is -0.371 e. The van der Waals surface area contributed by atoms with Crippen molar-refractivity contribution in [1.82, 2.24) is 5.32 Å². The van der Waals surface area contributed by atoms with E-state index < -0.39 is 0 Å². The van der Waals surface area contributed by atoms with Crippen LogP contribution in [-0.2, 0) is 4.79 Å². The second-order valence-electron chi connectivity index (χ2n) is 7.17. The number of aryl methyl sites for hydroxylation is 2. The summed E-state index contributed by atoms with van der Waals surface area (Å²) < 4.78 is 0. The maximum absolute atomic E-state index is 12.1. The number of carbonyl (C=O) groups is 2. The van der Waals surface area contributed by atoms with Crippen LogP contribution in [0, 0.1) is 19.8 Å². The van der Waals surface area contributed by atoms with Crippen molar-refractivity contribution in [1.29, 1.82) is 0 Å². The highest BCUT2D eigenvalue weighted by molar-refractivity contribution is 7.14. The first kappa shape index (κ1) is 19.9. The molecule has 3 rings (SSSR count). The molecule has 6 heteroatoms. The molecule has 1 N–H and O–H groups in total. The Bertz CT molecular complexity index is 833. The number of thiophene rings is 1. The number of benzene rings is 1. The standard InChI is InChI=1S/C21H25ClN2O2S/c1-14-3-5-17(22)11-18(14)24-10-9-16(13-24)12-23-21(26)8-6-19(25)20-7-4-15(2)27-20/h3-5,7,11,16H,6,8-10,12-13H2,1-2H3,(H,23,26). The summed E-state index contributed by atoms with van der Waals surface area (Å²) in [5.41, 5.74) is 2.39. The van der Waals surface area contributed by atoms with Crippen molar-refractivity contribution in [2.75, 3.05) is 24.5 Å². The highest BCUT2D eigenvalue weighted by Crippen LogP contribution is 2.29. The van der Waals surface area contributed by atoms with Crippen LogP contribution in [-0.4, -0.2) is 31.3 Å². The normalized spacial score (nSPS) is 16.6. The molecular formula is C21H25ClN2O2S. The molecule has 4 nitrogen and oxygen atoms in total. The first-order chi connectivity index (χ1) is 12.9. The van der Waals surface area contributed by atoms with Gasteiger partial charge in [0.15, 0.2) is 5.78 Å². The van der Waals surface area contributed by atoms with Crippen LogP contribution < -0.4 is 10.2 Å². The summed E-state index contributed by atoms with van der Waals surface area (Å²) in [6.07, 6.45) is 1.56. The van der Waals surface area contributed by atoms with E-state index in [1.54, 1.807) is 0 Å². The molecule has 0 bridgehead atoms. The summed E-state index contributed by atoms with van der Waals surface area (Å²) in [5, 5.41) is 3.74. The zero-order valence-corrected chi connectivity index (χ0v) is 17.3. The van der Waals surface area contributed by atoms with Crippen molar-refractivity contribution in [3.05, 3.63) is 50.7 Å². The fourth-order valence-corrected chi connectivity index (χ4v) is 4.42. The van der Waals surface area contributed by atoms with Crippen LogP contribution in [0.3, 0.4) is 0 Å². The zero-order valence-electron chi connectivity index (χ0n) is 15.8. The van der Waals surface area contributed by atoms with Crippen LogP contribution in [0.15, 0.2) is 30.3 Å². The van der Waals surface area contributed by atoms with Gasteiger partial charge in [-0.25, -0.2) is 0 Å². The molecule has 144 valence electrons. The third-order valence-corrected chi connectivity index (χ3v) is 6.26. The van der Waals surface area contributed by atoms with Crippen molar-refractivity contribution in [2.24, 2.45) is 5.92 Å². The van der Waals surface area contributed by atoms with E-state index in [9.17, 15) is 9.59 Å². The lowest BCUT2D eigenvalue weighted by Gasteiger charge is -2.21. The predicted octanol–water partition coefficient (Wildman–Crippen LogP) is 4.62. The average Bonchev–Trinajstić information content (AvgIpc) is 3.29. The lowest BCUT2D eigenvalue weighted by molar-refractivity contribution is -0.121. The van der Waals surface area contributed by atoms with Crippen molar-refractivity contribution < 1.29 is 9.59 Å². The van der Waals surface area contributed by atoms with Gasteiger partial charge in [0, 0.05) is 48.1 Å². The summed E-state index contributed by atoms with van der Waals surface area (Å²) in [5.74, 6) is 0.420. The number of amides is 1. The molecule has 2 aromatic rings. The molecule has 1 fully saturated rings. The number of hydrogen-bond donors (Lipinski definition) is 1. The minimum absolute atomic E-state index is 0.0472. The summed E-state index contributed by atoms with van der Waals surface area (Å²) in [4.78, 5) is 28.4. The monoisotopic (exact) mass is 404 g/mol. The number of halogens is 1. The zero-order chi connectivity index (χ0) is 19.4. The number of nitrogens with one attached hydrogen (secondary N) is 1. The van der Waals surface area contributed by atoms with Crippen molar-refractivity contribution in [3.63, 3.8) is 0 Å². The molecule has 1 unspecified atom stereocenters. The molecule has 1 atom stereocenters. The number of anilines is 1. The number of nitrogens with zero attached hydrogens (tertiary/aromatic N) is 1. The lowest BCUT2D eigenvalue weighted by atomic mass is 10.1. The van der Waals surface area contributed by atoms with Gasteiger partial charge in [0.2, 0.25) is 5.91 Å². The van der Waals surface area contributed by atoms with Crippen molar-refractivity contribution in [2.45, 2.75) is 33.1 Å². The molecule has 0 saturated carbocycles. The van der Waals surface area contributed by atoms with Crippen molar-refractivity contribution in [3.8, 4) is 0 Å². The summed E-state index contributed by atoms with van der Waals surface area (Å²) in [6, 6.07) is 9.73. The van der Waals surface area contributed by atoms with E-state index in [2.05, 4.69) is 17.1 Å². The van der Waals surface area contributed by atoms with Gasteiger partial charge in [0.25, 0.3) is 0 Å². The second-order valence-corrected chi connectivity index (χ2v) is 8.89. The SMILES string of the molecule is Cc1ccc(C(=O)CCC(=O)NCC2CCN(c3cc(Cl)ccc3C)C2)s1. The van der Waals surface area contributed by atoms with Crippen LogP contribution in [0.2, 0.25) is 5.02 Å². The topological polar surface area (TPSA) is 49.4 Å². The minimum atomic E-state index is -0.0472. The van der Waals surface area contributed by atoms with E-state index >= 15 is 0 Å². The van der Waals surface area contributed by atoms with Gasteiger partial charge in [0.1, 0.15) is 0 Å². The Hall–Kier alpha value is -1.85. The van der Waals surface area contributed by atoms with Gasteiger partial charge < -0.3 is 10.2 Å². The largest absolute Gasteiger partial charge is 0.371 e. The predicted molar refractivity (Wildman–Crippen MR) is 112 cm³/mol. The number of rotatable bonds is 7. The Kier molecular flexibility index (Phi) is 6.55. The van der Waals surface area contributed by atoms with E-state index in [0.717, 1.165) is 34.3 Å². The molecule has 27 heavy (non-hydrogen) atoms. The first-order valence-electron chi connectivity index (χ1n) is 9.30. The smallest absolute Gasteiger partial charge is 0.220 e. The second kappa shape index (κ2) is 8.89. The molecule has 1 aromatic carbocycles. The Morgan fingerprint density at radius 1 is 1.22 bits per heavy atom.